The van der Waals surface area contributed by atoms with Gasteiger partial charge in [-0.05, 0) is 19.3 Å². The fourth-order valence-corrected chi connectivity index (χ4v) is 2.09. The topological polar surface area (TPSA) is 32.8 Å². The zero-order valence-electron chi connectivity index (χ0n) is 10.1. The highest BCUT2D eigenvalue weighted by Crippen LogP contribution is 2.31. The highest BCUT2D eigenvalue weighted by atomic mass is 16.6. The molecule has 90 valence electrons. The first-order valence-corrected chi connectivity index (χ1v) is 6.64. The van der Waals surface area contributed by atoms with Gasteiger partial charge < -0.3 is 9.84 Å². The maximum atomic E-state index is 8.63. The van der Waals surface area contributed by atoms with Crippen molar-refractivity contribution in [2.24, 2.45) is 0 Å². The van der Waals surface area contributed by atoms with Gasteiger partial charge in [-0.15, -0.1) is 0 Å². The first-order chi connectivity index (χ1) is 7.38. The van der Waals surface area contributed by atoms with Gasteiger partial charge in [0.2, 0.25) is 0 Å². The molecule has 2 nitrogen and oxygen atoms in total. The van der Waals surface area contributed by atoms with E-state index in [1.165, 1.54) is 44.9 Å². The molecule has 0 aliphatic carbocycles. The van der Waals surface area contributed by atoms with Crippen LogP contribution in [0.5, 0.6) is 0 Å². The predicted octanol–water partition coefficient (Wildman–Crippen LogP) is 3.28. The van der Waals surface area contributed by atoms with Gasteiger partial charge in [-0.2, -0.15) is 0 Å². The number of aliphatic hydroxyl groups excluding tert-OH is 1. The molecule has 0 spiro atoms. The van der Waals surface area contributed by atoms with Gasteiger partial charge in [0.15, 0.2) is 0 Å². The van der Waals surface area contributed by atoms with E-state index in [0.29, 0.717) is 18.8 Å². The first-order valence-electron chi connectivity index (χ1n) is 6.64. The summed E-state index contributed by atoms with van der Waals surface area (Å²) < 4.78 is 5.61. The van der Waals surface area contributed by atoms with Gasteiger partial charge in [-0.1, -0.05) is 45.4 Å². The number of ether oxygens (including phenoxy) is 1. The summed E-state index contributed by atoms with van der Waals surface area (Å²) in [7, 11) is 0. The SMILES string of the molecule is CCCCCCC1OC1CCCCCO. The zero-order valence-corrected chi connectivity index (χ0v) is 10.1. The Morgan fingerprint density at radius 2 is 1.47 bits per heavy atom. The Morgan fingerprint density at radius 1 is 0.867 bits per heavy atom. The lowest BCUT2D eigenvalue weighted by molar-refractivity contribution is 0.280. The van der Waals surface area contributed by atoms with Crippen LogP contribution in [-0.2, 0) is 4.74 Å². The van der Waals surface area contributed by atoms with Crippen molar-refractivity contribution >= 4 is 0 Å². The van der Waals surface area contributed by atoms with E-state index in [0.717, 1.165) is 12.8 Å². The van der Waals surface area contributed by atoms with E-state index >= 15 is 0 Å². The van der Waals surface area contributed by atoms with Gasteiger partial charge in [0.05, 0.1) is 12.2 Å². The summed E-state index contributed by atoms with van der Waals surface area (Å²) in [5.41, 5.74) is 0. The smallest absolute Gasteiger partial charge is 0.0841 e. The second-order valence-corrected chi connectivity index (χ2v) is 4.64. The summed E-state index contributed by atoms with van der Waals surface area (Å²) >= 11 is 0. The first kappa shape index (κ1) is 13.0. The third-order valence-corrected chi connectivity index (χ3v) is 3.18. The molecule has 1 N–H and O–H groups in total. The third kappa shape index (κ3) is 6.16. The molecule has 1 heterocycles. The zero-order chi connectivity index (χ0) is 10.9. The molecule has 0 aromatic rings. The van der Waals surface area contributed by atoms with E-state index in [4.69, 9.17) is 9.84 Å². The minimum Gasteiger partial charge on any atom is -0.396 e. The molecule has 1 saturated heterocycles. The monoisotopic (exact) mass is 214 g/mol. The van der Waals surface area contributed by atoms with Crippen LogP contribution in [0.3, 0.4) is 0 Å². The van der Waals surface area contributed by atoms with Crippen molar-refractivity contribution in [3.05, 3.63) is 0 Å². The lowest BCUT2D eigenvalue weighted by atomic mass is 10.1. The molecule has 0 aromatic carbocycles. The number of hydrogen-bond donors (Lipinski definition) is 1. The minimum absolute atomic E-state index is 0.339. The molecule has 1 aliphatic rings. The van der Waals surface area contributed by atoms with Crippen LogP contribution in [0.2, 0.25) is 0 Å². The Balaban J connectivity index is 1.81. The van der Waals surface area contributed by atoms with E-state index in [1.807, 2.05) is 0 Å². The molecule has 1 aliphatic heterocycles. The average Bonchev–Trinajstić information content (AvgIpc) is 2.99. The van der Waals surface area contributed by atoms with Crippen LogP contribution >= 0.6 is 0 Å². The van der Waals surface area contributed by atoms with Crippen molar-refractivity contribution in [3.8, 4) is 0 Å². The van der Waals surface area contributed by atoms with Crippen molar-refractivity contribution in [1.29, 1.82) is 0 Å². The fraction of sp³-hybridized carbons (Fsp3) is 1.00. The number of hydrogen-bond acceptors (Lipinski definition) is 2. The number of aliphatic hydroxyl groups is 1. The molecule has 15 heavy (non-hydrogen) atoms. The molecule has 0 amide bonds. The molecular formula is C13H26O2. The van der Waals surface area contributed by atoms with Gasteiger partial charge in [-0.25, -0.2) is 0 Å². The minimum atomic E-state index is 0.339. The molecule has 2 unspecified atom stereocenters. The van der Waals surface area contributed by atoms with Crippen molar-refractivity contribution in [1.82, 2.24) is 0 Å². The van der Waals surface area contributed by atoms with Crippen LogP contribution in [0.1, 0.15) is 64.7 Å². The summed E-state index contributed by atoms with van der Waals surface area (Å²) in [5, 5.41) is 8.63. The van der Waals surface area contributed by atoms with Crippen LogP contribution in [0.15, 0.2) is 0 Å². The standard InChI is InChI=1S/C13H26O2/c1-2-3-4-6-9-12-13(15-12)10-7-5-8-11-14/h12-14H,2-11H2,1H3. The fourth-order valence-electron chi connectivity index (χ4n) is 2.09. The number of rotatable bonds is 10. The molecule has 1 fully saturated rings. The van der Waals surface area contributed by atoms with Crippen molar-refractivity contribution in [2.45, 2.75) is 76.9 Å². The van der Waals surface area contributed by atoms with E-state index in [-0.39, 0.29) is 0 Å². The Kier molecular flexibility index (Phi) is 7.03. The van der Waals surface area contributed by atoms with Gasteiger partial charge >= 0.3 is 0 Å². The molecule has 0 aromatic heterocycles. The Morgan fingerprint density at radius 3 is 2.00 bits per heavy atom. The molecule has 2 atom stereocenters. The summed E-state index contributed by atoms with van der Waals surface area (Å²) in [4.78, 5) is 0. The van der Waals surface area contributed by atoms with Crippen molar-refractivity contribution < 1.29 is 9.84 Å². The number of epoxide rings is 1. The number of unbranched alkanes of at least 4 members (excludes halogenated alkanes) is 5. The predicted molar refractivity (Wildman–Crippen MR) is 63.0 cm³/mol. The van der Waals surface area contributed by atoms with E-state index < -0.39 is 0 Å². The van der Waals surface area contributed by atoms with Gasteiger partial charge in [0, 0.05) is 6.61 Å². The summed E-state index contributed by atoms with van der Waals surface area (Å²) in [6.07, 6.45) is 12.3. The van der Waals surface area contributed by atoms with Crippen molar-refractivity contribution in [2.75, 3.05) is 6.61 Å². The lowest BCUT2D eigenvalue weighted by Crippen LogP contribution is -1.95. The third-order valence-electron chi connectivity index (χ3n) is 3.18. The van der Waals surface area contributed by atoms with Crippen LogP contribution in [0.25, 0.3) is 0 Å². The van der Waals surface area contributed by atoms with Gasteiger partial charge in [0.25, 0.3) is 0 Å². The van der Waals surface area contributed by atoms with Gasteiger partial charge in [0.1, 0.15) is 0 Å². The maximum absolute atomic E-state index is 8.63. The van der Waals surface area contributed by atoms with Gasteiger partial charge in [-0.3, -0.25) is 0 Å². The second kappa shape index (κ2) is 8.12. The highest BCUT2D eigenvalue weighted by Gasteiger charge is 2.36. The summed E-state index contributed by atoms with van der Waals surface area (Å²) in [6, 6.07) is 0. The second-order valence-electron chi connectivity index (χ2n) is 4.64. The average molecular weight is 214 g/mol. The largest absolute Gasteiger partial charge is 0.396 e. The van der Waals surface area contributed by atoms with Crippen LogP contribution < -0.4 is 0 Å². The molecule has 1 rings (SSSR count). The van der Waals surface area contributed by atoms with E-state index in [1.54, 1.807) is 0 Å². The molecule has 0 bridgehead atoms. The lowest BCUT2D eigenvalue weighted by Gasteiger charge is -1.97. The molecule has 0 radical (unpaired) electrons. The molecular weight excluding hydrogens is 188 g/mol. The van der Waals surface area contributed by atoms with Crippen LogP contribution in [0, 0.1) is 0 Å². The Hall–Kier alpha value is -0.0800. The normalized spacial score (nSPS) is 24.4. The molecule has 0 saturated carbocycles. The van der Waals surface area contributed by atoms with Crippen LogP contribution in [0.4, 0.5) is 0 Å². The quantitative estimate of drug-likeness (QED) is 0.447. The Labute approximate surface area is 94.0 Å². The summed E-state index contributed by atoms with van der Waals surface area (Å²) in [5.74, 6) is 0. The van der Waals surface area contributed by atoms with E-state index in [2.05, 4.69) is 6.92 Å². The maximum Gasteiger partial charge on any atom is 0.0841 e. The van der Waals surface area contributed by atoms with E-state index in [9.17, 15) is 0 Å². The van der Waals surface area contributed by atoms with Crippen molar-refractivity contribution in [3.63, 3.8) is 0 Å². The van der Waals surface area contributed by atoms with Crippen LogP contribution in [-0.4, -0.2) is 23.9 Å². The molecule has 2 heteroatoms. The highest BCUT2D eigenvalue weighted by molar-refractivity contribution is 4.84. The Bertz CT molecular complexity index is 131. The summed E-state index contributed by atoms with van der Waals surface area (Å²) in [6.45, 7) is 2.59.